The van der Waals surface area contributed by atoms with Crippen LogP contribution >= 0.6 is 0 Å². The lowest BCUT2D eigenvalue weighted by Gasteiger charge is -2.35. The topological polar surface area (TPSA) is 52.5 Å². The molecule has 19 heavy (non-hydrogen) atoms. The number of hydrogen-bond donors (Lipinski definition) is 3. The van der Waals surface area contributed by atoms with Crippen LogP contribution in [0.15, 0.2) is 24.3 Å². The molecule has 1 aliphatic carbocycles. The molecule has 0 heterocycles. The van der Waals surface area contributed by atoms with E-state index in [1.54, 1.807) is 0 Å². The molecule has 2 rings (SSSR count). The van der Waals surface area contributed by atoms with Gasteiger partial charge in [-0.15, -0.1) is 0 Å². The summed E-state index contributed by atoms with van der Waals surface area (Å²) < 4.78 is 0. The molecule has 0 bridgehead atoms. The van der Waals surface area contributed by atoms with Gasteiger partial charge in [0.05, 0.1) is 6.61 Å². The lowest BCUT2D eigenvalue weighted by atomic mass is 9.74. The minimum absolute atomic E-state index is 0.0985. The average molecular weight is 263 g/mol. The summed E-state index contributed by atoms with van der Waals surface area (Å²) in [6.45, 7) is 2.11. The van der Waals surface area contributed by atoms with Crippen molar-refractivity contribution >= 4 is 0 Å². The summed E-state index contributed by atoms with van der Waals surface area (Å²) in [7, 11) is 0. The molecule has 0 spiro atoms. The molecule has 0 aliphatic heterocycles. The van der Waals surface area contributed by atoms with Crippen LogP contribution in [0, 0.1) is 5.41 Å². The van der Waals surface area contributed by atoms with Crippen molar-refractivity contribution < 1.29 is 10.2 Å². The van der Waals surface area contributed by atoms with Gasteiger partial charge >= 0.3 is 0 Å². The average Bonchev–Trinajstić information content (AvgIpc) is 2.49. The normalized spacial score (nSPS) is 18.4. The van der Waals surface area contributed by atoms with E-state index in [0.29, 0.717) is 6.61 Å². The van der Waals surface area contributed by atoms with E-state index in [9.17, 15) is 5.11 Å². The summed E-state index contributed by atoms with van der Waals surface area (Å²) in [5, 5.41) is 22.1. The summed E-state index contributed by atoms with van der Waals surface area (Å²) in [6.07, 6.45) is 6.07. The second kappa shape index (κ2) is 7.04. The van der Waals surface area contributed by atoms with Crippen molar-refractivity contribution in [2.45, 2.75) is 45.3 Å². The van der Waals surface area contributed by atoms with Gasteiger partial charge in [-0.2, -0.15) is 0 Å². The van der Waals surface area contributed by atoms with Crippen LogP contribution in [0.3, 0.4) is 0 Å². The molecule has 0 radical (unpaired) electrons. The number of benzene rings is 1. The second-order valence-electron chi connectivity index (χ2n) is 5.80. The molecule has 3 nitrogen and oxygen atoms in total. The molecule has 0 saturated heterocycles. The summed E-state index contributed by atoms with van der Waals surface area (Å²) >= 11 is 0. The quantitative estimate of drug-likeness (QED) is 0.737. The Hall–Kier alpha value is -0.900. The Balaban J connectivity index is 1.81. The molecule has 1 aliphatic rings. The SMILES string of the molecule is OCc1ccc(CNCC2(CO)CCCCC2)cc1. The highest BCUT2D eigenvalue weighted by Crippen LogP contribution is 2.35. The van der Waals surface area contributed by atoms with Crippen LogP contribution in [0.1, 0.15) is 43.2 Å². The van der Waals surface area contributed by atoms with Gasteiger partial charge in [0.25, 0.3) is 0 Å². The first-order valence-electron chi connectivity index (χ1n) is 7.28. The van der Waals surface area contributed by atoms with Crippen LogP contribution in [0.5, 0.6) is 0 Å². The second-order valence-corrected chi connectivity index (χ2v) is 5.80. The Labute approximate surface area is 115 Å². The Morgan fingerprint density at radius 3 is 2.16 bits per heavy atom. The lowest BCUT2D eigenvalue weighted by molar-refractivity contribution is 0.0810. The molecule has 3 heteroatoms. The Morgan fingerprint density at radius 1 is 0.947 bits per heavy atom. The minimum atomic E-state index is 0.0985. The number of aliphatic hydroxyl groups excluding tert-OH is 2. The molecule has 1 fully saturated rings. The molecule has 0 amide bonds. The first kappa shape index (κ1) is 14.5. The van der Waals surface area contributed by atoms with Crippen molar-refractivity contribution in [2.24, 2.45) is 5.41 Å². The van der Waals surface area contributed by atoms with Gasteiger partial charge in [0, 0.05) is 25.1 Å². The zero-order valence-corrected chi connectivity index (χ0v) is 11.6. The van der Waals surface area contributed by atoms with E-state index < -0.39 is 0 Å². The zero-order chi connectivity index (χ0) is 13.6. The fourth-order valence-corrected chi connectivity index (χ4v) is 2.93. The maximum atomic E-state index is 9.64. The maximum absolute atomic E-state index is 9.64. The zero-order valence-electron chi connectivity index (χ0n) is 11.6. The minimum Gasteiger partial charge on any atom is -0.396 e. The molecule has 1 aromatic rings. The van der Waals surface area contributed by atoms with Crippen LogP contribution in [-0.2, 0) is 13.2 Å². The number of hydrogen-bond acceptors (Lipinski definition) is 3. The van der Waals surface area contributed by atoms with Gasteiger partial charge in [-0.25, -0.2) is 0 Å². The van der Waals surface area contributed by atoms with Gasteiger partial charge in [0.15, 0.2) is 0 Å². The Morgan fingerprint density at radius 2 is 1.58 bits per heavy atom. The van der Waals surface area contributed by atoms with Gasteiger partial charge in [-0.05, 0) is 24.0 Å². The van der Waals surface area contributed by atoms with Crippen LogP contribution in [0.4, 0.5) is 0 Å². The predicted molar refractivity (Wildman–Crippen MR) is 76.7 cm³/mol. The molecule has 0 atom stereocenters. The summed E-state index contributed by atoms with van der Waals surface area (Å²) in [4.78, 5) is 0. The van der Waals surface area contributed by atoms with Crippen LogP contribution in [-0.4, -0.2) is 23.4 Å². The van der Waals surface area contributed by atoms with Crippen molar-refractivity contribution in [2.75, 3.05) is 13.2 Å². The van der Waals surface area contributed by atoms with Gasteiger partial charge in [0.1, 0.15) is 0 Å². The summed E-state index contributed by atoms with van der Waals surface area (Å²) in [5.74, 6) is 0. The number of rotatable bonds is 6. The van der Waals surface area contributed by atoms with Gasteiger partial charge in [-0.1, -0.05) is 43.5 Å². The van der Waals surface area contributed by atoms with E-state index in [2.05, 4.69) is 5.32 Å². The first-order valence-corrected chi connectivity index (χ1v) is 7.28. The molecule has 0 aromatic heterocycles. The molecule has 1 saturated carbocycles. The third kappa shape index (κ3) is 4.03. The van der Waals surface area contributed by atoms with Crippen LogP contribution in [0.2, 0.25) is 0 Å². The van der Waals surface area contributed by atoms with Crippen LogP contribution < -0.4 is 5.32 Å². The van der Waals surface area contributed by atoms with Crippen molar-refractivity contribution in [3.63, 3.8) is 0 Å². The van der Waals surface area contributed by atoms with E-state index in [1.165, 1.54) is 24.8 Å². The maximum Gasteiger partial charge on any atom is 0.0681 e. The summed E-state index contributed by atoms with van der Waals surface area (Å²) in [5.41, 5.74) is 2.27. The molecule has 0 unspecified atom stereocenters. The largest absolute Gasteiger partial charge is 0.396 e. The predicted octanol–water partition coefficient (Wildman–Crippen LogP) is 2.21. The van der Waals surface area contributed by atoms with E-state index >= 15 is 0 Å². The van der Waals surface area contributed by atoms with Crippen molar-refractivity contribution in [1.82, 2.24) is 5.32 Å². The molecule has 3 N–H and O–H groups in total. The van der Waals surface area contributed by atoms with Gasteiger partial charge in [0.2, 0.25) is 0 Å². The van der Waals surface area contributed by atoms with Crippen molar-refractivity contribution in [3.05, 3.63) is 35.4 Å². The highest BCUT2D eigenvalue weighted by Gasteiger charge is 2.30. The molecular weight excluding hydrogens is 238 g/mol. The van der Waals surface area contributed by atoms with E-state index in [-0.39, 0.29) is 12.0 Å². The molecule has 106 valence electrons. The third-order valence-corrected chi connectivity index (χ3v) is 4.28. The fraction of sp³-hybridized carbons (Fsp3) is 0.625. The van der Waals surface area contributed by atoms with Crippen LogP contribution in [0.25, 0.3) is 0 Å². The lowest BCUT2D eigenvalue weighted by Crippen LogP contribution is -2.38. The van der Waals surface area contributed by atoms with Gasteiger partial charge in [-0.3, -0.25) is 0 Å². The number of aliphatic hydroxyl groups is 2. The molecular formula is C16H25NO2. The highest BCUT2D eigenvalue weighted by atomic mass is 16.3. The Bertz CT molecular complexity index is 369. The van der Waals surface area contributed by atoms with E-state index in [0.717, 1.165) is 31.5 Å². The first-order chi connectivity index (χ1) is 9.28. The van der Waals surface area contributed by atoms with Crippen molar-refractivity contribution in [3.8, 4) is 0 Å². The third-order valence-electron chi connectivity index (χ3n) is 4.28. The monoisotopic (exact) mass is 263 g/mol. The highest BCUT2D eigenvalue weighted by molar-refractivity contribution is 5.21. The smallest absolute Gasteiger partial charge is 0.0681 e. The molecule has 1 aromatic carbocycles. The van der Waals surface area contributed by atoms with E-state index in [1.807, 2.05) is 24.3 Å². The Kier molecular flexibility index (Phi) is 5.37. The number of nitrogens with one attached hydrogen (secondary N) is 1. The van der Waals surface area contributed by atoms with Crippen molar-refractivity contribution in [1.29, 1.82) is 0 Å². The standard InChI is InChI=1S/C16H25NO2/c18-11-15-6-4-14(5-7-15)10-17-12-16(13-19)8-2-1-3-9-16/h4-7,17-19H,1-3,8-13H2. The fourth-order valence-electron chi connectivity index (χ4n) is 2.93. The van der Waals surface area contributed by atoms with Gasteiger partial charge < -0.3 is 15.5 Å². The summed E-state index contributed by atoms with van der Waals surface area (Å²) in [6, 6.07) is 8.01. The van der Waals surface area contributed by atoms with E-state index in [4.69, 9.17) is 5.11 Å².